The minimum absolute atomic E-state index is 0.0342. The third-order valence-corrected chi connectivity index (χ3v) is 4.24. The van der Waals surface area contributed by atoms with E-state index >= 15 is 0 Å². The summed E-state index contributed by atoms with van der Waals surface area (Å²) in [7, 11) is 0. The molecule has 0 aliphatic carbocycles. The molecule has 2 aliphatic heterocycles. The van der Waals surface area contributed by atoms with Crippen LogP contribution in [-0.4, -0.2) is 43.0 Å². The van der Waals surface area contributed by atoms with Crippen molar-refractivity contribution in [3.63, 3.8) is 0 Å². The molecule has 0 saturated carbocycles. The molecule has 0 unspecified atom stereocenters. The molecule has 3 rings (SSSR count). The smallest absolute Gasteiger partial charge is 0.224 e. The molecule has 0 atom stereocenters. The predicted octanol–water partition coefficient (Wildman–Crippen LogP) is 1.29. The van der Waals surface area contributed by atoms with Gasteiger partial charge in [-0.05, 0) is 30.0 Å². The summed E-state index contributed by atoms with van der Waals surface area (Å²) >= 11 is 0. The van der Waals surface area contributed by atoms with Crippen molar-refractivity contribution in [1.29, 1.82) is 0 Å². The second-order valence-electron chi connectivity index (χ2n) is 5.91. The highest BCUT2D eigenvalue weighted by Gasteiger charge is 2.17. The molecule has 22 heavy (non-hydrogen) atoms. The Kier molecular flexibility index (Phi) is 4.61. The van der Waals surface area contributed by atoms with Crippen LogP contribution in [0.2, 0.25) is 0 Å². The van der Waals surface area contributed by atoms with Crippen LogP contribution in [0.1, 0.15) is 30.4 Å². The van der Waals surface area contributed by atoms with E-state index in [2.05, 4.69) is 5.32 Å². The van der Waals surface area contributed by atoms with Crippen molar-refractivity contribution in [3.8, 4) is 5.75 Å². The molecule has 2 heterocycles. The molecular formula is C17H22N2O3. The maximum Gasteiger partial charge on any atom is 0.224 e. The number of hydrogen-bond acceptors (Lipinski definition) is 3. The van der Waals surface area contributed by atoms with Gasteiger partial charge in [-0.3, -0.25) is 9.59 Å². The van der Waals surface area contributed by atoms with E-state index in [1.807, 2.05) is 23.1 Å². The van der Waals surface area contributed by atoms with Gasteiger partial charge in [0, 0.05) is 32.5 Å². The molecule has 0 bridgehead atoms. The molecule has 0 spiro atoms. The molecule has 5 nitrogen and oxygen atoms in total. The van der Waals surface area contributed by atoms with Gasteiger partial charge in [-0.2, -0.15) is 0 Å². The van der Waals surface area contributed by atoms with Crippen LogP contribution in [0.15, 0.2) is 18.2 Å². The summed E-state index contributed by atoms with van der Waals surface area (Å²) in [5, 5.41) is 2.84. The summed E-state index contributed by atoms with van der Waals surface area (Å²) in [4.78, 5) is 25.7. The molecule has 1 aromatic carbocycles. The van der Waals surface area contributed by atoms with E-state index in [4.69, 9.17) is 4.74 Å². The molecule has 2 amide bonds. The quantitative estimate of drug-likeness (QED) is 0.892. The van der Waals surface area contributed by atoms with E-state index < -0.39 is 0 Å². The van der Waals surface area contributed by atoms with Crippen molar-refractivity contribution in [2.24, 2.45) is 0 Å². The van der Waals surface area contributed by atoms with Crippen LogP contribution >= 0.6 is 0 Å². The van der Waals surface area contributed by atoms with Crippen LogP contribution in [0.25, 0.3) is 0 Å². The fourth-order valence-electron chi connectivity index (χ4n) is 3.03. The minimum atomic E-state index is -0.0342. The predicted molar refractivity (Wildman–Crippen MR) is 82.8 cm³/mol. The number of amides is 2. The van der Waals surface area contributed by atoms with Crippen LogP contribution in [0.4, 0.5) is 0 Å². The average molecular weight is 302 g/mol. The van der Waals surface area contributed by atoms with Gasteiger partial charge in [-0.1, -0.05) is 12.1 Å². The Balaban J connectivity index is 1.41. The number of carbonyl (C=O) groups is 2. The number of rotatable bonds is 5. The van der Waals surface area contributed by atoms with Gasteiger partial charge in [-0.15, -0.1) is 0 Å². The molecule has 1 saturated heterocycles. The summed E-state index contributed by atoms with van der Waals surface area (Å²) in [6.45, 7) is 2.87. The average Bonchev–Trinajstić information content (AvgIpc) is 3.18. The van der Waals surface area contributed by atoms with Crippen molar-refractivity contribution in [3.05, 3.63) is 29.3 Å². The first-order valence-corrected chi connectivity index (χ1v) is 8.01. The summed E-state index contributed by atoms with van der Waals surface area (Å²) in [6.07, 6.45) is 3.85. The largest absolute Gasteiger partial charge is 0.493 e. The highest BCUT2D eigenvalue weighted by atomic mass is 16.5. The second kappa shape index (κ2) is 6.81. The Morgan fingerprint density at radius 3 is 2.86 bits per heavy atom. The lowest BCUT2D eigenvalue weighted by molar-refractivity contribution is -0.130. The molecule has 1 fully saturated rings. The zero-order chi connectivity index (χ0) is 15.4. The Bertz CT molecular complexity index is 565. The number of nitrogens with one attached hydrogen (secondary N) is 1. The fraction of sp³-hybridized carbons (Fsp3) is 0.529. The maximum absolute atomic E-state index is 11.9. The van der Waals surface area contributed by atoms with Crippen molar-refractivity contribution in [2.45, 2.75) is 32.1 Å². The third-order valence-electron chi connectivity index (χ3n) is 4.24. The first-order valence-electron chi connectivity index (χ1n) is 8.01. The maximum atomic E-state index is 11.9. The first-order chi connectivity index (χ1) is 10.7. The Morgan fingerprint density at radius 1 is 1.23 bits per heavy atom. The number of fused-ring (bicyclic) bond motifs is 1. The van der Waals surface area contributed by atoms with Gasteiger partial charge in [0.1, 0.15) is 5.75 Å². The van der Waals surface area contributed by atoms with Gasteiger partial charge in [0.25, 0.3) is 0 Å². The van der Waals surface area contributed by atoms with Crippen molar-refractivity contribution >= 4 is 11.8 Å². The van der Waals surface area contributed by atoms with Gasteiger partial charge < -0.3 is 15.0 Å². The molecule has 1 N–H and O–H groups in total. The van der Waals surface area contributed by atoms with Gasteiger partial charge in [0.15, 0.2) is 0 Å². The fourth-order valence-corrected chi connectivity index (χ4v) is 3.03. The summed E-state index contributed by atoms with van der Waals surface area (Å²) < 4.78 is 5.46. The Labute approximate surface area is 130 Å². The monoisotopic (exact) mass is 302 g/mol. The third kappa shape index (κ3) is 3.59. The summed E-state index contributed by atoms with van der Waals surface area (Å²) in [5.41, 5.74) is 2.17. The molecule has 0 radical (unpaired) electrons. The zero-order valence-corrected chi connectivity index (χ0v) is 12.8. The van der Waals surface area contributed by atoms with E-state index in [1.54, 1.807) is 0 Å². The van der Waals surface area contributed by atoms with Gasteiger partial charge >= 0.3 is 0 Å². The Hall–Kier alpha value is -2.04. The van der Waals surface area contributed by atoms with Gasteiger partial charge in [-0.25, -0.2) is 0 Å². The van der Waals surface area contributed by atoms with Crippen molar-refractivity contribution < 1.29 is 14.3 Å². The highest BCUT2D eigenvalue weighted by Crippen LogP contribution is 2.25. The van der Waals surface area contributed by atoms with Crippen LogP contribution in [-0.2, 0) is 22.4 Å². The number of carbonyl (C=O) groups excluding carboxylic acids is 2. The zero-order valence-electron chi connectivity index (χ0n) is 12.8. The number of hydrogen-bond donors (Lipinski definition) is 1. The minimum Gasteiger partial charge on any atom is -0.493 e. The molecule has 5 heteroatoms. The SMILES string of the molecule is O=C(Cc1ccc2c(c1)CCO2)NCCC(=O)N1CCCC1. The summed E-state index contributed by atoms with van der Waals surface area (Å²) in [6, 6.07) is 5.90. The van der Waals surface area contributed by atoms with E-state index in [9.17, 15) is 9.59 Å². The van der Waals surface area contributed by atoms with Crippen molar-refractivity contribution in [1.82, 2.24) is 10.2 Å². The molecular weight excluding hydrogens is 280 g/mol. The molecule has 2 aliphatic rings. The molecule has 1 aromatic rings. The highest BCUT2D eigenvalue weighted by molar-refractivity contribution is 5.80. The van der Waals surface area contributed by atoms with E-state index in [0.29, 0.717) is 19.4 Å². The lowest BCUT2D eigenvalue weighted by Crippen LogP contribution is -2.33. The van der Waals surface area contributed by atoms with Gasteiger partial charge in [0.05, 0.1) is 13.0 Å². The second-order valence-corrected chi connectivity index (χ2v) is 5.91. The van der Waals surface area contributed by atoms with E-state index in [0.717, 1.165) is 50.3 Å². The lowest BCUT2D eigenvalue weighted by Gasteiger charge is -2.15. The number of nitrogens with zero attached hydrogens (tertiary/aromatic N) is 1. The van der Waals surface area contributed by atoms with E-state index in [1.165, 1.54) is 5.56 Å². The normalized spacial score (nSPS) is 16.3. The van der Waals surface area contributed by atoms with Crippen molar-refractivity contribution in [2.75, 3.05) is 26.2 Å². The lowest BCUT2D eigenvalue weighted by atomic mass is 10.1. The number of likely N-dealkylation sites (tertiary alicyclic amines) is 1. The standard InChI is InChI=1S/C17H22N2O3/c20-16(18-7-5-17(21)19-8-1-2-9-19)12-13-3-4-15-14(11-13)6-10-22-15/h3-4,11H,1-2,5-10,12H2,(H,18,20). The molecule has 118 valence electrons. The van der Waals surface area contributed by atoms with Crippen LogP contribution < -0.4 is 10.1 Å². The molecule has 0 aromatic heterocycles. The van der Waals surface area contributed by atoms with Crippen LogP contribution in [0.3, 0.4) is 0 Å². The topological polar surface area (TPSA) is 58.6 Å². The van der Waals surface area contributed by atoms with E-state index in [-0.39, 0.29) is 11.8 Å². The first kappa shape index (κ1) is 14.9. The van der Waals surface area contributed by atoms with Crippen LogP contribution in [0, 0.1) is 0 Å². The summed E-state index contributed by atoms with van der Waals surface area (Å²) in [5.74, 6) is 1.04. The van der Waals surface area contributed by atoms with Crippen LogP contribution in [0.5, 0.6) is 5.75 Å². The number of ether oxygens (including phenoxy) is 1. The number of benzene rings is 1. The Morgan fingerprint density at radius 2 is 2.05 bits per heavy atom. The van der Waals surface area contributed by atoms with Gasteiger partial charge in [0.2, 0.25) is 11.8 Å².